The van der Waals surface area contributed by atoms with Gasteiger partial charge >= 0.3 is 0 Å². The number of carbonyl (C=O) groups excluding carboxylic acids is 1. The van der Waals surface area contributed by atoms with E-state index in [1.807, 2.05) is 18.2 Å². The standard InChI is InChI=1S/C15H15ClN4O/c1-3-8-17-14(21)13-9-10(2)18-15(20-13)19-12-7-5-4-6-11(12)16/h3-7,9H,1,8H2,2H3,(H,17,21)(H,18,19,20). The molecule has 1 heterocycles. The summed E-state index contributed by atoms with van der Waals surface area (Å²) in [7, 11) is 0. The molecule has 0 unspecified atom stereocenters. The van der Waals surface area contributed by atoms with E-state index in [9.17, 15) is 4.79 Å². The third-order valence-electron chi connectivity index (χ3n) is 2.61. The van der Waals surface area contributed by atoms with Crippen molar-refractivity contribution in [3.63, 3.8) is 0 Å². The average molecular weight is 303 g/mol. The number of para-hydroxylation sites is 1. The fourth-order valence-corrected chi connectivity index (χ4v) is 1.86. The van der Waals surface area contributed by atoms with Gasteiger partial charge in [-0.3, -0.25) is 4.79 Å². The maximum atomic E-state index is 11.9. The molecular weight excluding hydrogens is 288 g/mol. The predicted molar refractivity (Wildman–Crippen MR) is 84.0 cm³/mol. The maximum Gasteiger partial charge on any atom is 0.270 e. The maximum absolute atomic E-state index is 11.9. The summed E-state index contributed by atoms with van der Waals surface area (Å²) in [5, 5.41) is 6.24. The number of carbonyl (C=O) groups is 1. The number of benzene rings is 1. The predicted octanol–water partition coefficient (Wildman–Crippen LogP) is 3.10. The summed E-state index contributed by atoms with van der Waals surface area (Å²) < 4.78 is 0. The van der Waals surface area contributed by atoms with Crippen molar-refractivity contribution in [1.82, 2.24) is 15.3 Å². The van der Waals surface area contributed by atoms with Gasteiger partial charge in [0, 0.05) is 12.2 Å². The molecule has 2 N–H and O–H groups in total. The summed E-state index contributed by atoms with van der Waals surface area (Å²) in [5.74, 6) is 0.0504. The lowest BCUT2D eigenvalue weighted by Crippen LogP contribution is -2.24. The van der Waals surface area contributed by atoms with Crippen LogP contribution in [0.3, 0.4) is 0 Å². The number of aryl methyl sites for hydroxylation is 1. The molecule has 0 radical (unpaired) electrons. The highest BCUT2D eigenvalue weighted by Gasteiger charge is 2.10. The van der Waals surface area contributed by atoms with E-state index in [0.29, 0.717) is 34.6 Å². The minimum absolute atomic E-state index is 0.275. The van der Waals surface area contributed by atoms with Crippen molar-refractivity contribution in [1.29, 1.82) is 0 Å². The molecule has 2 aromatic rings. The van der Waals surface area contributed by atoms with E-state index in [0.717, 1.165) is 0 Å². The topological polar surface area (TPSA) is 66.9 Å². The summed E-state index contributed by atoms with van der Waals surface area (Å²) in [4.78, 5) is 20.4. The van der Waals surface area contributed by atoms with Crippen LogP contribution in [0.15, 0.2) is 43.0 Å². The number of amides is 1. The number of halogens is 1. The Balaban J connectivity index is 2.25. The Kier molecular flexibility index (Phi) is 4.90. The van der Waals surface area contributed by atoms with Crippen LogP contribution in [0.4, 0.5) is 11.6 Å². The van der Waals surface area contributed by atoms with Crippen molar-refractivity contribution in [2.75, 3.05) is 11.9 Å². The quantitative estimate of drug-likeness (QED) is 0.833. The molecule has 108 valence electrons. The molecule has 2 rings (SSSR count). The normalized spacial score (nSPS) is 10.0. The molecular formula is C15H15ClN4O. The zero-order chi connectivity index (χ0) is 15.2. The largest absolute Gasteiger partial charge is 0.347 e. The second-order valence-corrected chi connectivity index (χ2v) is 4.73. The van der Waals surface area contributed by atoms with Crippen LogP contribution in [0, 0.1) is 6.92 Å². The second-order valence-electron chi connectivity index (χ2n) is 4.32. The first-order valence-electron chi connectivity index (χ1n) is 6.36. The molecule has 5 nitrogen and oxygen atoms in total. The third-order valence-corrected chi connectivity index (χ3v) is 2.94. The summed E-state index contributed by atoms with van der Waals surface area (Å²) in [6, 6.07) is 8.87. The highest BCUT2D eigenvalue weighted by molar-refractivity contribution is 6.33. The minimum atomic E-state index is -0.275. The van der Waals surface area contributed by atoms with Crippen LogP contribution < -0.4 is 10.6 Å². The van der Waals surface area contributed by atoms with Gasteiger partial charge in [-0.05, 0) is 25.1 Å². The third kappa shape index (κ3) is 4.03. The Morgan fingerprint density at radius 3 is 2.86 bits per heavy atom. The molecule has 0 saturated heterocycles. The van der Waals surface area contributed by atoms with Crippen LogP contribution in [0.5, 0.6) is 0 Å². The van der Waals surface area contributed by atoms with Gasteiger partial charge in [0.15, 0.2) is 0 Å². The molecule has 6 heteroatoms. The van der Waals surface area contributed by atoms with E-state index >= 15 is 0 Å². The van der Waals surface area contributed by atoms with Gasteiger partial charge in [-0.15, -0.1) is 6.58 Å². The minimum Gasteiger partial charge on any atom is -0.347 e. The zero-order valence-corrected chi connectivity index (χ0v) is 12.3. The average Bonchev–Trinajstić information content (AvgIpc) is 2.46. The number of aromatic nitrogens is 2. The molecule has 1 aromatic heterocycles. The molecule has 1 amide bonds. The van der Waals surface area contributed by atoms with Gasteiger partial charge in [0.1, 0.15) is 5.69 Å². The van der Waals surface area contributed by atoms with Crippen LogP contribution in [0.25, 0.3) is 0 Å². The SMILES string of the molecule is C=CCNC(=O)c1cc(C)nc(Nc2ccccc2Cl)n1. The molecule has 1 aromatic carbocycles. The molecule has 21 heavy (non-hydrogen) atoms. The summed E-state index contributed by atoms with van der Waals surface area (Å²) in [6.07, 6.45) is 1.61. The summed E-state index contributed by atoms with van der Waals surface area (Å²) in [6.45, 7) is 5.73. The van der Waals surface area contributed by atoms with E-state index < -0.39 is 0 Å². The van der Waals surface area contributed by atoms with Crippen molar-refractivity contribution in [3.8, 4) is 0 Å². The van der Waals surface area contributed by atoms with Gasteiger partial charge in [-0.1, -0.05) is 29.8 Å². The van der Waals surface area contributed by atoms with Crippen LogP contribution in [0.1, 0.15) is 16.2 Å². The molecule has 0 atom stereocenters. The first-order chi connectivity index (χ1) is 10.1. The van der Waals surface area contributed by atoms with Crippen LogP contribution in [-0.4, -0.2) is 22.4 Å². The van der Waals surface area contributed by atoms with E-state index in [4.69, 9.17) is 11.6 Å². The number of anilines is 2. The number of hydrogen-bond donors (Lipinski definition) is 2. The number of rotatable bonds is 5. The lowest BCUT2D eigenvalue weighted by atomic mass is 10.3. The van der Waals surface area contributed by atoms with Gasteiger partial charge in [0.05, 0.1) is 10.7 Å². The van der Waals surface area contributed by atoms with Gasteiger partial charge < -0.3 is 10.6 Å². The number of nitrogens with zero attached hydrogens (tertiary/aromatic N) is 2. The fourth-order valence-electron chi connectivity index (χ4n) is 1.68. The van der Waals surface area contributed by atoms with Gasteiger partial charge in [0.2, 0.25) is 5.95 Å². The second kappa shape index (κ2) is 6.85. The summed E-state index contributed by atoms with van der Waals surface area (Å²) in [5.41, 5.74) is 1.66. The molecule has 0 saturated carbocycles. The van der Waals surface area contributed by atoms with Crippen molar-refractivity contribution < 1.29 is 4.79 Å². The zero-order valence-electron chi connectivity index (χ0n) is 11.6. The van der Waals surface area contributed by atoms with Crippen LogP contribution >= 0.6 is 11.6 Å². The van der Waals surface area contributed by atoms with Gasteiger partial charge in [-0.25, -0.2) is 9.97 Å². The van der Waals surface area contributed by atoms with Crippen LogP contribution in [-0.2, 0) is 0 Å². The van der Waals surface area contributed by atoms with Gasteiger partial charge in [-0.2, -0.15) is 0 Å². The van der Waals surface area contributed by atoms with Crippen molar-refractivity contribution in [2.45, 2.75) is 6.92 Å². The van der Waals surface area contributed by atoms with Crippen molar-refractivity contribution in [2.24, 2.45) is 0 Å². The smallest absolute Gasteiger partial charge is 0.270 e. The molecule has 0 aliphatic carbocycles. The summed E-state index contributed by atoms with van der Waals surface area (Å²) >= 11 is 6.08. The Morgan fingerprint density at radius 2 is 2.14 bits per heavy atom. The lowest BCUT2D eigenvalue weighted by molar-refractivity contribution is 0.0953. The van der Waals surface area contributed by atoms with Crippen LogP contribution in [0.2, 0.25) is 5.02 Å². The first kappa shape index (κ1) is 15.0. The van der Waals surface area contributed by atoms with Gasteiger partial charge in [0.25, 0.3) is 5.91 Å². The van der Waals surface area contributed by atoms with E-state index in [1.54, 1.807) is 25.1 Å². The fraction of sp³-hybridized carbons (Fsp3) is 0.133. The Morgan fingerprint density at radius 1 is 1.38 bits per heavy atom. The first-order valence-corrected chi connectivity index (χ1v) is 6.74. The number of hydrogen-bond acceptors (Lipinski definition) is 4. The molecule has 0 spiro atoms. The van der Waals surface area contributed by atoms with Crippen molar-refractivity contribution >= 4 is 29.1 Å². The monoisotopic (exact) mass is 302 g/mol. The molecule has 0 bridgehead atoms. The molecule has 0 aliphatic rings. The van der Waals surface area contributed by atoms with E-state index in [1.165, 1.54) is 0 Å². The Labute approximate surface area is 128 Å². The lowest BCUT2D eigenvalue weighted by Gasteiger charge is -2.09. The van der Waals surface area contributed by atoms with Crippen molar-refractivity contribution in [3.05, 3.63) is 59.4 Å². The molecule has 0 aliphatic heterocycles. The molecule has 0 fully saturated rings. The van der Waals surface area contributed by atoms with E-state index in [-0.39, 0.29) is 5.91 Å². The van der Waals surface area contributed by atoms with E-state index in [2.05, 4.69) is 27.2 Å². The Bertz CT molecular complexity index is 672. The highest BCUT2D eigenvalue weighted by Crippen LogP contribution is 2.23. The highest BCUT2D eigenvalue weighted by atomic mass is 35.5. The number of nitrogens with one attached hydrogen (secondary N) is 2. The Hall–Kier alpha value is -2.40.